The Balaban J connectivity index is 1.23. The molecule has 1 aliphatic rings. The number of ether oxygens (including phenoxy) is 1. The minimum absolute atomic E-state index is 0.0309. The second kappa shape index (κ2) is 19.2. The predicted octanol–water partition coefficient (Wildman–Crippen LogP) is -2.41. The number of nitrogens with zero attached hydrogens (tertiary/aromatic N) is 4. The van der Waals surface area contributed by atoms with E-state index in [9.17, 15) is 62.3 Å². The van der Waals surface area contributed by atoms with E-state index < -0.39 is 95.5 Å². The number of halogens is 1. The lowest BCUT2D eigenvalue weighted by Crippen LogP contribution is -2.46. The number of aromatic nitrogens is 4. The molecule has 1 saturated heterocycles. The number of nitrogens with one attached hydrogen (secondary N) is 2. The largest absolute Gasteiger partial charge is 0.790 e. The number of carbonyl (C=O) groups excluding carboxylic acids is 3. The number of fused-ring (bicyclic) bond motifs is 1. The van der Waals surface area contributed by atoms with Crippen LogP contribution in [-0.4, -0.2) is 103 Å². The first-order chi connectivity index (χ1) is 26.5. The Hall–Kier alpha value is -3.29. The molecule has 0 spiro atoms. The van der Waals surface area contributed by atoms with Crippen molar-refractivity contribution >= 4 is 69.1 Å². The summed E-state index contributed by atoms with van der Waals surface area (Å²) in [5, 5.41) is 25.5. The number of carbonyl (C=O) groups is 3. The first-order valence-corrected chi connectivity index (χ1v) is 21.6. The van der Waals surface area contributed by atoms with Gasteiger partial charge in [0.2, 0.25) is 16.9 Å². The monoisotopic (exact) mass is 885 g/mol. The number of aliphatic hydroxyl groups excluding tert-OH is 2. The van der Waals surface area contributed by atoms with Gasteiger partial charge in [-0.3, -0.25) is 28.1 Å². The van der Waals surface area contributed by atoms with E-state index in [-0.39, 0.29) is 47.8 Å². The zero-order valence-electron chi connectivity index (χ0n) is 29.6. The molecule has 1 aromatic carbocycles. The summed E-state index contributed by atoms with van der Waals surface area (Å²) in [4.78, 5) is 96.1. The van der Waals surface area contributed by atoms with Crippen LogP contribution in [0.3, 0.4) is 0 Å². The van der Waals surface area contributed by atoms with Crippen LogP contribution in [0.5, 0.6) is 0 Å². The molecule has 24 nitrogen and oxygen atoms in total. The van der Waals surface area contributed by atoms with E-state index in [1.54, 1.807) is 0 Å². The average Bonchev–Trinajstić information content (AvgIpc) is 3.68. The molecule has 0 bridgehead atoms. The van der Waals surface area contributed by atoms with Gasteiger partial charge < -0.3 is 69.0 Å². The van der Waals surface area contributed by atoms with Gasteiger partial charge in [-0.25, -0.2) is 23.7 Å². The average molecular weight is 886 g/mol. The molecular weight excluding hydrogens is 850 g/mol. The van der Waals surface area contributed by atoms with Crippen LogP contribution in [-0.2, 0) is 45.9 Å². The van der Waals surface area contributed by atoms with Crippen molar-refractivity contribution in [3.63, 3.8) is 0 Å². The summed E-state index contributed by atoms with van der Waals surface area (Å²) in [6.45, 7) is -0.206. The van der Waals surface area contributed by atoms with Crippen molar-refractivity contribution in [1.29, 1.82) is 0 Å². The van der Waals surface area contributed by atoms with E-state index in [1.807, 2.05) is 0 Å². The molecule has 1 fully saturated rings. The molecule has 3 aromatic rings. The molecule has 2 amide bonds. The maximum absolute atomic E-state index is 13.7. The number of hydrogen-bond acceptors (Lipinski definition) is 22. The minimum atomic E-state index is -5.93. The van der Waals surface area contributed by atoms with Crippen LogP contribution in [0.4, 0.5) is 10.2 Å². The van der Waals surface area contributed by atoms with Gasteiger partial charge in [-0.15, -0.1) is 0 Å². The van der Waals surface area contributed by atoms with Crippen LogP contribution in [0, 0.1) is 11.2 Å². The lowest BCUT2D eigenvalue weighted by atomic mass is 9.87. The smallest absolute Gasteiger partial charge is 0.274 e. The standard InChI is InChI=1S/C28H39FN7O17P3S/c1-28(2,22(39)25(40)32-8-7-18(37)31-9-10-57-27(41)15-5-3-4-6-16(15)29)12-50-56(47,48)53-55(45,46)49-11-17-21(52-54(42,43)44)20(38)26(51-17)36-14-35-19-23(30)33-13-34-24(19)36/h3-6,13-14,17,20-22,26,38-39H,7-12H2,1-2H3,(H,31,37)(H,32,40)(H,45,46)(H,47,48)(H2,30,33,34)(H2,42,43,44)/p-4/t17-,20-,21-,22+,26-/m1/s1. The Morgan fingerprint density at radius 3 is 2.44 bits per heavy atom. The quantitative estimate of drug-likeness (QED) is 0.0582. The van der Waals surface area contributed by atoms with Crippen molar-refractivity contribution in [1.82, 2.24) is 30.2 Å². The van der Waals surface area contributed by atoms with Crippen LogP contribution in [0.25, 0.3) is 11.2 Å². The topological polar surface area (TPSA) is 375 Å². The van der Waals surface area contributed by atoms with Crippen molar-refractivity contribution < 1.29 is 84.9 Å². The number of rotatable bonds is 20. The zero-order chi connectivity index (χ0) is 42.3. The molecule has 3 heterocycles. The number of nitrogens with two attached hydrogens (primary N) is 1. The van der Waals surface area contributed by atoms with Crippen LogP contribution >= 0.6 is 35.2 Å². The summed E-state index contributed by atoms with van der Waals surface area (Å²) in [6, 6.07) is 5.40. The summed E-state index contributed by atoms with van der Waals surface area (Å²) in [5.41, 5.74) is 3.91. The first kappa shape index (κ1) is 46.4. The molecule has 2 aromatic heterocycles. The molecule has 7 atom stereocenters. The number of benzene rings is 1. The van der Waals surface area contributed by atoms with Gasteiger partial charge in [-0.1, -0.05) is 37.7 Å². The Labute approximate surface area is 326 Å². The van der Waals surface area contributed by atoms with Crippen molar-refractivity contribution in [2.24, 2.45) is 5.41 Å². The second-order valence-corrected chi connectivity index (χ2v) is 17.7. The number of aliphatic hydroxyl groups is 2. The third-order valence-corrected chi connectivity index (χ3v) is 11.7. The van der Waals surface area contributed by atoms with Gasteiger partial charge in [-0.2, -0.15) is 0 Å². The lowest BCUT2D eigenvalue weighted by molar-refractivity contribution is -0.347. The van der Waals surface area contributed by atoms with Gasteiger partial charge in [0.1, 0.15) is 42.1 Å². The van der Waals surface area contributed by atoms with Gasteiger partial charge in [0.05, 0.1) is 32.9 Å². The highest BCUT2D eigenvalue weighted by Crippen LogP contribution is 2.56. The predicted molar refractivity (Wildman–Crippen MR) is 184 cm³/mol. The molecule has 0 saturated carbocycles. The fourth-order valence-corrected chi connectivity index (χ4v) is 8.40. The maximum Gasteiger partial charge on any atom is 0.274 e. The SMILES string of the molecule is CC(C)(COP(=O)([O-])OP(=O)([O-])OC[C@H]1O[C@@H](n2cnc3c(N)ncnc32)[C@H](O)[C@@H]1OP(=O)([O-])[O-])[C@@H](O)C(=O)NCCC(=O)NCCSC(=O)c1ccccc1F. The molecular formula is C28H35FN7O17P3S-4. The maximum atomic E-state index is 13.7. The highest BCUT2D eigenvalue weighted by molar-refractivity contribution is 8.14. The van der Waals surface area contributed by atoms with E-state index in [4.69, 9.17) is 10.5 Å². The highest BCUT2D eigenvalue weighted by atomic mass is 32.2. The first-order valence-electron chi connectivity index (χ1n) is 16.2. The van der Waals surface area contributed by atoms with Crippen molar-refractivity contribution in [3.8, 4) is 0 Å². The van der Waals surface area contributed by atoms with Gasteiger partial charge >= 0.3 is 0 Å². The molecule has 4 rings (SSSR count). The van der Waals surface area contributed by atoms with Crippen LogP contribution in [0.15, 0.2) is 36.9 Å². The lowest BCUT2D eigenvalue weighted by Gasteiger charge is -2.36. The summed E-state index contributed by atoms with van der Waals surface area (Å²) < 4.78 is 74.1. The second-order valence-electron chi connectivity index (χ2n) is 12.6. The number of nitrogen functional groups attached to an aromatic ring is 1. The summed E-state index contributed by atoms with van der Waals surface area (Å²) in [5.74, 6) is -2.24. The molecule has 6 N–H and O–H groups in total. The van der Waals surface area contributed by atoms with E-state index >= 15 is 0 Å². The van der Waals surface area contributed by atoms with Crippen LogP contribution in [0.1, 0.15) is 36.9 Å². The Morgan fingerprint density at radius 1 is 1.07 bits per heavy atom. The van der Waals surface area contributed by atoms with E-state index in [1.165, 1.54) is 32.0 Å². The Kier molecular flexibility index (Phi) is 15.6. The summed E-state index contributed by atoms with van der Waals surface area (Å²) in [7, 11) is -17.6. The molecule has 1 aliphatic heterocycles. The minimum Gasteiger partial charge on any atom is -0.790 e. The van der Waals surface area contributed by atoms with Gasteiger partial charge in [0.25, 0.3) is 15.6 Å². The van der Waals surface area contributed by atoms with E-state index in [0.29, 0.717) is 0 Å². The summed E-state index contributed by atoms with van der Waals surface area (Å²) in [6.07, 6.45) is -7.76. The molecule has 0 aliphatic carbocycles. The van der Waals surface area contributed by atoms with E-state index in [0.717, 1.165) is 35.0 Å². The van der Waals surface area contributed by atoms with Crippen molar-refractivity contribution in [3.05, 3.63) is 48.3 Å². The Morgan fingerprint density at radius 2 is 1.75 bits per heavy atom. The third kappa shape index (κ3) is 13.1. The van der Waals surface area contributed by atoms with Gasteiger partial charge in [0, 0.05) is 30.7 Å². The normalized spacial score (nSPS) is 21.4. The highest BCUT2D eigenvalue weighted by Gasteiger charge is 2.47. The number of amides is 2. The zero-order valence-corrected chi connectivity index (χ0v) is 33.1. The fraction of sp³-hybridized carbons (Fsp3) is 0.500. The van der Waals surface area contributed by atoms with E-state index in [2.05, 4.69) is 43.5 Å². The number of anilines is 1. The van der Waals surface area contributed by atoms with Gasteiger partial charge in [-0.05, 0) is 12.1 Å². The van der Waals surface area contributed by atoms with Crippen LogP contribution < -0.4 is 35.9 Å². The Bertz CT molecular complexity index is 2080. The number of thioether (sulfide) groups is 1. The third-order valence-electron chi connectivity index (χ3n) is 7.80. The van der Waals surface area contributed by atoms with Crippen molar-refractivity contribution in [2.75, 3.05) is 37.8 Å². The molecule has 0 radical (unpaired) electrons. The van der Waals surface area contributed by atoms with Crippen molar-refractivity contribution in [2.45, 2.75) is 50.9 Å². The molecule has 57 heavy (non-hydrogen) atoms. The molecule has 2 unspecified atom stereocenters. The summed E-state index contributed by atoms with van der Waals surface area (Å²) >= 11 is 0.786. The molecule has 316 valence electrons. The number of phosphoric acid groups is 3. The molecule has 29 heteroatoms. The number of imidazole rings is 1. The fourth-order valence-electron chi connectivity index (χ4n) is 4.96. The number of hydrogen-bond donors (Lipinski definition) is 5. The van der Waals surface area contributed by atoms with Gasteiger partial charge in [0.15, 0.2) is 17.7 Å². The van der Waals surface area contributed by atoms with Crippen LogP contribution in [0.2, 0.25) is 0 Å². The number of phosphoric ester groups is 3.